The molecule has 7 nitrogen and oxygen atoms in total. The average molecular weight is 324 g/mol. The summed E-state index contributed by atoms with van der Waals surface area (Å²) in [6, 6.07) is 4.40. The Morgan fingerprint density at radius 3 is 2.74 bits per heavy atom. The summed E-state index contributed by atoms with van der Waals surface area (Å²) in [5.74, 6) is -1.61. The summed E-state index contributed by atoms with van der Waals surface area (Å²) in [7, 11) is 0. The van der Waals surface area contributed by atoms with Crippen LogP contribution in [-0.2, 0) is 25.7 Å². The van der Waals surface area contributed by atoms with Crippen molar-refractivity contribution < 1.29 is 28.6 Å². The molecule has 2 aliphatic rings. The van der Waals surface area contributed by atoms with Gasteiger partial charge in [-0.15, -0.1) is 0 Å². The molecule has 8 heteroatoms. The summed E-state index contributed by atoms with van der Waals surface area (Å²) < 4.78 is 24.2. The number of β-lactam (4-membered cyclic amide) rings is 1. The van der Waals surface area contributed by atoms with Gasteiger partial charge < -0.3 is 25.2 Å². The molecule has 1 aromatic carbocycles. The van der Waals surface area contributed by atoms with Gasteiger partial charge in [-0.1, -0.05) is 12.1 Å². The molecule has 4 atom stereocenters. The molecule has 0 radical (unpaired) electrons. The van der Waals surface area contributed by atoms with Gasteiger partial charge in [-0.05, 0) is 17.7 Å². The summed E-state index contributed by atoms with van der Waals surface area (Å²) in [6.45, 7) is 0.336. The van der Waals surface area contributed by atoms with Crippen LogP contribution in [0.2, 0.25) is 0 Å². The molecule has 1 aromatic rings. The summed E-state index contributed by atoms with van der Waals surface area (Å²) in [5.41, 5.74) is 6.39. The van der Waals surface area contributed by atoms with Crippen molar-refractivity contribution in [1.82, 2.24) is 4.90 Å². The van der Waals surface area contributed by atoms with Crippen molar-refractivity contribution in [1.29, 1.82) is 0 Å². The van der Waals surface area contributed by atoms with Crippen molar-refractivity contribution in [2.45, 2.75) is 37.5 Å². The van der Waals surface area contributed by atoms with E-state index >= 15 is 0 Å². The molecule has 1 amide bonds. The number of hydrogen-bond acceptors (Lipinski definition) is 5. The zero-order chi connectivity index (χ0) is 16.6. The van der Waals surface area contributed by atoms with Crippen LogP contribution < -0.4 is 5.73 Å². The van der Waals surface area contributed by atoms with E-state index in [-0.39, 0.29) is 31.1 Å². The second kappa shape index (κ2) is 6.23. The third-order valence-electron chi connectivity index (χ3n) is 4.09. The van der Waals surface area contributed by atoms with Crippen LogP contribution in [0.15, 0.2) is 24.3 Å². The molecule has 23 heavy (non-hydrogen) atoms. The number of hydrogen-bond donors (Lipinski definition) is 2. The zero-order valence-corrected chi connectivity index (χ0v) is 12.2. The third-order valence-corrected chi connectivity index (χ3v) is 4.09. The van der Waals surface area contributed by atoms with Gasteiger partial charge in [0.1, 0.15) is 30.3 Å². The van der Waals surface area contributed by atoms with E-state index in [0.29, 0.717) is 12.0 Å². The first-order chi connectivity index (χ1) is 11.0. The van der Waals surface area contributed by atoms with Gasteiger partial charge in [-0.2, -0.15) is 0 Å². The molecule has 2 aliphatic heterocycles. The minimum Gasteiger partial charge on any atom is -0.480 e. The van der Waals surface area contributed by atoms with E-state index in [4.69, 9.17) is 20.3 Å². The van der Waals surface area contributed by atoms with Crippen LogP contribution in [0.1, 0.15) is 12.0 Å². The molecular formula is C15H17FN2O5. The van der Waals surface area contributed by atoms with Gasteiger partial charge in [0.05, 0.1) is 19.6 Å². The molecule has 3 N–H and O–H groups in total. The van der Waals surface area contributed by atoms with Crippen LogP contribution >= 0.6 is 0 Å². The Kier molecular flexibility index (Phi) is 4.29. The first-order valence-corrected chi connectivity index (χ1v) is 7.25. The number of rotatable bonds is 6. The van der Waals surface area contributed by atoms with E-state index in [2.05, 4.69) is 0 Å². The molecular weight excluding hydrogens is 307 g/mol. The zero-order valence-electron chi connectivity index (χ0n) is 12.2. The number of carboxylic acid groups (broad SMARTS) is 1. The summed E-state index contributed by atoms with van der Waals surface area (Å²) in [4.78, 5) is 24.2. The number of halogens is 1. The molecule has 124 valence electrons. The fourth-order valence-corrected chi connectivity index (χ4v) is 2.74. The Morgan fingerprint density at radius 1 is 1.48 bits per heavy atom. The van der Waals surface area contributed by atoms with Crippen LogP contribution in [0.5, 0.6) is 0 Å². The van der Waals surface area contributed by atoms with Crippen molar-refractivity contribution in [3.63, 3.8) is 0 Å². The highest BCUT2D eigenvalue weighted by molar-refractivity contribution is 5.83. The number of nitrogens with two attached hydrogens (primary N) is 1. The number of amides is 1. The van der Waals surface area contributed by atoms with Crippen LogP contribution in [0.25, 0.3) is 0 Å². The van der Waals surface area contributed by atoms with Gasteiger partial charge in [-0.3, -0.25) is 9.59 Å². The molecule has 0 aromatic heterocycles. The molecule has 0 saturated carbocycles. The third kappa shape index (κ3) is 3.19. The predicted octanol–water partition coefficient (Wildman–Crippen LogP) is 0.0800. The monoisotopic (exact) mass is 324 g/mol. The van der Waals surface area contributed by atoms with Gasteiger partial charge in [-0.25, -0.2) is 4.39 Å². The van der Waals surface area contributed by atoms with Crippen LogP contribution in [-0.4, -0.2) is 52.9 Å². The first kappa shape index (κ1) is 15.9. The topological polar surface area (TPSA) is 102 Å². The lowest BCUT2D eigenvalue weighted by atomic mass is 10.1. The number of aliphatic carboxylic acids is 1. The van der Waals surface area contributed by atoms with Crippen molar-refractivity contribution >= 4 is 11.9 Å². The Morgan fingerprint density at radius 2 is 2.17 bits per heavy atom. The van der Waals surface area contributed by atoms with Crippen molar-refractivity contribution in [3.05, 3.63) is 35.6 Å². The van der Waals surface area contributed by atoms with Gasteiger partial charge in [0.2, 0.25) is 5.91 Å². The number of carbonyl (C=O) groups is 2. The Labute approximate surface area is 131 Å². The number of carboxylic acids is 1. The molecule has 2 heterocycles. The number of nitrogens with zero attached hydrogens (tertiary/aromatic N) is 1. The summed E-state index contributed by atoms with van der Waals surface area (Å²) in [5, 5.41) is 9.16. The van der Waals surface area contributed by atoms with Crippen LogP contribution in [0.4, 0.5) is 4.39 Å². The maximum Gasteiger partial charge on any atom is 0.323 e. The lowest BCUT2D eigenvalue weighted by molar-refractivity contribution is -0.162. The summed E-state index contributed by atoms with van der Waals surface area (Å²) >= 11 is 0. The van der Waals surface area contributed by atoms with Crippen molar-refractivity contribution in [3.8, 4) is 0 Å². The normalized spacial score (nSPS) is 25.7. The highest BCUT2D eigenvalue weighted by Crippen LogP contribution is 2.31. The number of carbonyl (C=O) groups excluding carboxylic acids is 1. The quantitative estimate of drug-likeness (QED) is 0.719. The van der Waals surface area contributed by atoms with Crippen LogP contribution in [0, 0.1) is 5.82 Å². The fraction of sp³-hybridized carbons (Fsp3) is 0.467. The van der Waals surface area contributed by atoms with Gasteiger partial charge in [0.15, 0.2) is 0 Å². The predicted molar refractivity (Wildman–Crippen MR) is 75.6 cm³/mol. The minimum atomic E-state index is -1.28. The molecule has 0 spiro atoms. The Balaban J connectivity index is 1.67. The largest absolute Gasteiger partial charge is 0.480 e. The molecule has 3 rings (SSSR count). The van der Waals surface area contributed by atoms with E-state index < -0.39 is 24.2 Å². The second-order valence-corrected chi connectivity index (χ2v) is 5.65. The van der Waals surface area contributed by atoms with E-state index in [1.165, 1.54) is 17.0 Å². The minimum absolute atomic E-state index is 0.0290. The molecule has 2 saturated heterocycles. The maximum absolute atomic E-state index is 12.9. The first-order valence-electron chi connectivity index (χ1n) is 7.25. The van der Waals surface area contributed by atoms with Gasteiger partial charge >= 0.3 is 5.97 Å². The number of ether oxygens (including phenoxy) is 2. The number of benzene rings is 1. The fourth-order valence-electron chi connectivity index (χ4n) is 2.74. The summed E-state index contributed by atoms with van der Waals surface area (Å²) in [6.07, 6.45) is -1.52. The van der Waals surface area contributed by atoms with E-state index in [1.54, 1.807) is 12.1 Å². The molecule has 2 fully saturated rings. The highest BCUT2D eigenvalue weighted by Gasteiger charge is 2.49. The van der Waals surface area contributed by atoms with Gasteiger partial charge in [0, 0.05) is 0 Å². The van der Waals surface area contributed by atoms with Gasteiger partial charge in [0.25, 0.3) is 0 Å². The highest BCUT2D eigenvalue weighted by atomic mass is 19.1. The van der Waals surface area contributed by atoms with Crippen molar-refractivity contribution in [2.24, 2.45) is 5.73 Å². The second-order valence-electron chi connectivity index (χ2n) is 5.65. The lowest BCUT2D eigenvalue weighted by Crippen LogP contribution is -2.51. The molecule has 0 unspecified atom stereocenters. The van der Waals surface area contributed by atoms with Crippen molar-refractivity contribution in [2.75, 3.05) is 6.54 Å². The average Bonchev–Trinajstić information content (AvgIpc) is 2.86. The maximum atomic E-state index is 12.9. The van der Waals surface area contributed by atoms with Crippen LogP contribution in [0.3, 0.4) is 0 Å². The lowest BCUT2D eigenvalue weighted by Gasteiger charge is -2.31. The van der Waals surface area contributed by atoms with E-state index in [9.17, 15) is 14.0 Å². The Hall–Kier alpha value is -2.03. The molecule has 0 bridgehead atoms. The van der Waals surface area contributed by atoms with E-state index in [0.717, 1.165) is 0 Å². The smallest absolute Gasteiger partial charge is 0.323 e. The standard InChI is InChI=1S/C15H17FN2O5/c16-9-3-1-8(2-4-9)7-22-14(13(17)15(20)21)10-6-18-11(19)5-12(18)23-10/h1-4,10,12-14H,5-7,17H2,(H,20,21)/t10-,12+,13+,14+/m1/s1. The SMILES string of the molecule is N[C@H](C(=O)O)[C@@H](OCc1ccc(F)cc1)[C@H]1CN2C(=O)C[C@@H]2O1. The Bertz CT molecular complexity index is 608. The number of fused-ring (bicyclic) bond motifs is 1. The van der Waals surface area contributed by atoms with E-state index in [1.807, 2.05) is 0 Å². The molecule has 0 aliphatic carbocycles.